The first kappa shape index (κ1) is 33.0. The molecule has 4 aromatic carbocycles. The molecule has 0 radical (unpaired) electrons. The molecule has 0 saturated heterocycles. The van der Waals surface area contributed by atoms with Crippen molar-refractivity contribution in [2.24, 2.45) is 11.3 Å². The molecule has 46 heavy (non-hydrogen) atoms. The van der Waals surface area contributed by atoms with Gasteiger partial charge in [-0.1, -0.05) is 59.6 Å². The third-order valence-corrected chi connectivity index (χ3v) is 9.41. The number of methoxy groups -OCH3 is 2. The van der Waals surface area contributed by atoms with Crippen LogP contribution in [0.2, 0.25) is 10.0 Å². The molecule has 0 aromatic heterocycles. The lowest BCUT2D eigenvalue weighted by molar-refractivity contribution is -0.164. The topological polar surface area (TPSA) is 106 Å². The SMILES string of the molecule is CCOC(=O)[C@]1(C#N)[C@H](c2cccc(OC)c2)C[C@](O)(c2ccc(Cl)cc2)[C@@H](C(=O)c2ccc(Cl)cc2)[C@@H]1c1cccc(OC)c1. The predicted octanol–water partition coefficient (Wildman–Crippen LogP) is 7.74. The summed E-state index contributed by atoms with van der Waals surface area (Å²) in [5, 5.41) is 25.3. The molecule has 7 nitrogen and oxygen atoms in total. The molecule has 0 bridgehead atoms. The van der Waals surface area contributed by atoms with Crippen molar-refractivity contribution in [3.05, 3.63) is 129 Å². The molecule has 9 heteroatoms. The summed E-state index contributed by atoms with van der Waals surface area (Å²) in [6, 6.07) is 29.2. The van der Waals surface area contributed by atoms with Crippen molar-refractivity contribution in [3.63, 3.8) is 0 Å². The molecule has 5 rings (SSSR count). The normalized spacial score (nSPS) is 24.0. The van der Waals surface area contributed by atoms with Crippen LogP contribution in [0.15, 0.2) is 97.1 Å². The Hall–Kier alpha value is -4.35. The highest BCUT2D eigenvalue weighted by Gasteiger charge is 2.67. The summed E-state index contributed by atoms with van der Waals surface area (Å²) < 4.78 is 16.7. The number of nitriles is 1. The Morgan fingerprint density at radius 3 is 1.96 bits per heavy atom. The van der Waals surface area contributed by atoms with Crippen molar-refractivity contribution in [2.45, 2.75) is 30.8 Å². The van der Waals surface area contributed by atoms with E-state index in [0.29, 0.717) is 38.2 Å². The van der Waals surface area contributed by atoms with E-state index in [1.165, 1.54) is 14.2 Å². The molecule has 0 heterocycles. The zero-order valence-corrected chi connectivity index (χ0v) is 27.1. The minimum absolute atomic E-state index is 0.00479. The van der Waals surface area contributed by atoms with Crippen LogP contribution in [0.5, 0.6) is 11.5 Å². The van der Waals surface area contributed by atoms with E-state index >= 15 is 0 Å². The highest BCUT2D eigenvalue weighted by molar-refractivity contribution is 6.31. The second kappa shape index (κ2) is 13.6. The first-order valence-electron chi connectivity index (χ1n) is 14.8. The molecular weight excluding hydrogens is 625 g/mol. The average Bonchev–Trinajstić information content (AvgIpc) is 3.08. The number of benzene rings is 4. The molecule has 0 aliphatic heterocycles. The van der Waals surface area contributed by atoms with Gasteiger partial charge < -0.3 is 19.3 Å². The predicted molar refractivity (Wildman–Crippen MR) is 175 cm³/mol. The number of nitrogens with zero attached hydrogens (tertiary/aromatic N) is 1. The van der Waals surface area contributed by atoms with Crippen LogP contribution < -0.4 is 9.47 Å². The lowest BCUT2D eigenvalue weighted by atomic mass is 9.47. The number of Topliss-reactive ketones (excluding diaryl/α,β-unsaturated/α-hetero) is 1. The highest BCUT2D eigenvalue weighted by atomic mass is 35.5. The van der Waals surface area contributed by atoms with E-state index in [4.69, 9.17) is 37.4 Å². The Balaban J connectivity index is 1.92. The third-order valence-electron chi connectivity index (χ3n) is 8.91. The van der Waals surface area contributed by atoms with Gasteiger partial charge in [0.15, 0.2) is 11.2 Å². The summed E-state index contributed by atoms with van der Waals surface area (Å²) >= 11 is 12.5. The van der Waals surface area contributed by atoms with Gasteiger partial charge in [0.2, 0.25) is 0 Å². The van der Waals surface area contributed by atoms with E-state index in [9.17, 15) is 20.0 Å². The van der Waals surface area contributed by atoms with Crippen LogP contribution in [0.4, 0.5) is 0 Å². The van der Waals surface area contributed by atoms with Crippen molar-refractivity contribution in [1.29, 1.82) is 5.26 Å². The molecule has 1 aliphatic carbocycles. The van der Waals surface area contributed by atoms with E-state index in [1.807, 2.05) is 0 Å². The number of hydrogen-bond donors (Lipinski definition) is 1. The monoisotopic (exact) mass is 657 g/mol. The summed E-state index contributed by atoms with van der Waals surface area (Å²) in [5.74, 6) is -3.86. The molecule has 1 aliphatic rings. The molecule has 236 valence electrons. The largest absolute Gasteiger partial charge is 0.497 e. The number of halogens is 2. The van der Waals surface area contributed by atoms with E-state index in [1.54, 1.807) is 104 Å². The summed E-state index contributed by atoms with van der Waals surface area (Å²) in [6.45, 7) is 1.66. The number of rotatable bonds is 9. The van der Waals surface area contributed by atoms with Crippen molar-refractivity contribution in [1.82, 2.24) is 0 Å². The second-order valence-corrected chi connectivity index (χ2v) is 12.1. The maximum Gasteiger partial charge on any atom is 0.327 e. The number of ketones is 1. The molecule has 0 unspecified atom stereocenters. The Morgan fingerprint density at radius 2 is 1.41 bits per heavy atom. The number of aliphatic hydroxyl groups is 1. The molecule has 1 N–H and O–H groups in total. The van der Waals surface area contributed by atoms with Gasteiger partial charge in [0, 0.05) is 27.4 Å². The number of hydrogen-bond acceptors (Lipinski definition) is 7. The Kier molecular flexibility index (Phi) is 9.74. The third kappa shape index (κ3) is 5.85. The van der Waals surface area contributed by atoms with Crippen LogP contribution in [0, 0.1) is 22.7 Å². The number of carbonyl (C=O) groups excluding carboxylic acids is 2. The second-order valence-electron chi connectivity index (χ2n) is 11.3. The van der Waals surface area contributed by atoms with Gasteiger partial charge in [0.25, 0.3) is 0 Å². The van der Waals surface area contributed by atoms with Crippen molar-refractivity contribution in [2.75, 3.05) is 20.8 Å². The summed E-state index contributed by atoms with van der Waals surface area (Å²) in [5.41, 5.74) is -2.23. The Morgan fingerprint density at radius 1 is 0.870 bits per heavy atom. The fourth-order valence-electron chi connectivity index (χ4n) is 6.79. The minimum atomic E-state index is -1.99. The Bertz CT molecular complexity index is 1770. The smallest absolute Gasteiger partial charge is 0.327 e. The van der Waals surface area contributed by atoms with Crippen LogP contribution in [0.3, 0.4) is 0 Å². The maximum atomic E-state index is 14.9. The molecule has 1 fully saturated rings. The molecular formula is C37H33Cl2NO6. The summed E-state index contributed by atoms with van der Waals surface area (Å²) in [7, 11) is 3.02. The quantitative estimate of drug-likeness (QED) is 0.145. The summed E-state index contributed by atoms with van der Waals surface area (Å²) in [4.78, 5) is 29.3. The minimum Gasteiger partial charge on any atom is -0.497 e. The van der Waals surface area contributed by atoms with Crippen molar-refractivity contribution >= 4 is 35.0 Å². The molecule has 4 aromatic rings. The first-order chi connectivity index (χ1) is 22.1. The number of ether oxygens (including phenoxy) is 3. The van der Waals surface area contributed by atoms with E-state index < -0.39 is 40.5 Å². The lowest BCUT2D eigenvalue weighted by Crippen LogP contribution is -2.59. The standard InChI is InChI=1S/C37H33Cl2NO6/c1-4-46-35(42)36(22-40)31(24-7-5-9-29(19-24)44-2)21-37(43,26-13-17-28(39)18-14-26)33(34(41)23-11-15-27(38)16-12-23)32(36)25-8-6-10-30(20-25)45-3/h5-20,31-33,43H,4,21H2,1-3H3/t31-,32-,33+,36+,37-/m0/s1. The average molecular weight is 659 g/mol. The van der Waals surface area contributed by atoms with E-state index in [2.05, 4.69) is 6.07 Å². The van der Waals surface area contributed by atoms with Gasteiger partial charge in [-0.25, -0.2) is 0 Å². The molecule has 5 atom stereocenters. The highest BCUT2D eigenvalue weighted by Crippen LogP contribution is 2.64. The molecule has 1 saturated carbocycles. The zero-order valence-electron chi connectivity index (χ0n) is 25.6. The summed E-state index contributed by atoms with van der Waals surface area (Å²) in [6.07, 6.45) is -0.182. The van der Waals surface area contributed by atoms with Crippen LogP contribution >= 0.6 is 23.2 Å². The van der Waals surface area contributed by atoms with Gasteiger partial charge in [0.05, 0.1) is 32.8 Å². The van der Waals surface area contributed by atoms with Gasteiger partial charge in [-0.3, -0.25) is 9.59 Å². The van der Waals surface area contributed by atoms with Crippen molar-refractivity contribution < 1.29 is 28.9 Å². The fourth-order valence-corrected chi connectivity index (χ4v) is 7.05. The van der Waals surface area contributed by atoms with Crippen LogP contribution in [0.25, 0.3) is 0 Å². The molecule has 0 amide bonds. The molecule has 0 spiro atoms. The van der Waals surface area contributed by atoms with Gasteiger partial charge in [0.1, 0.15) is 17.1 Å². The Labute approximate surface area is 278 Å². The van der Waals surface area contributed by atoms with Crippen LogP contribution in [0.1, 0.15) is 52.2 Å². The van der Waals surface area contributed by atoms with Crippen LogP contribution in [-0.2, 0) is 15.1 Å². The van der Waals surface area contributed by atoms with E-state index in [0.717, 1.165) is 0 Å². The number of esters is 1. The maximum absolute atomic E-state index is 14.9. The fraction of sp³-hybridized carbons (Fsp3) is 0.270. The van der Waals surface area contributed by atoms with Crippen molar-refractivity contribution in [3.8, 4) is 17.6 Å². The van der Waals surface area contributed by atoms with Gasteiger partial charge in [-0.15, -0.1) is 0 Å². The van der Waals surface area contributed by atoms with Gasteiger partial charge >= 0.3 is 5.97 Å². The van der Waals surface area contributed by atoms with Gasteiger partial charge in [-0.05, 0) is 90.7 Å². The number of carbonyl (C=O) groups is 2. The zero-order chi connectivity index (χ0) is 33.1. The van der Waals surface area contributed by atoms with Crippen LogP contribution in [-0.4, -0.2) is 37.7 Å². The first-order valence-corrected chi connectivity index (χ1v) is 15.5. The van der Waals surface area contributed by atoms with E-state index in [-0.39, 0.29) is 18.6 Å². The van der Waals surface area contributed by atoms with Gasteiger partial charge in [-0.2, -0.15) is 5.26 Å². The lowest BCUT2D eigenvalue weighted by Gasteiger charge is -2.54.